The average molecular weight is 160 g/mol. The number of rotatable bonds is 2. The molecule has 3 nitrogen and oxygen atoms in total. The van der Waals surface area contributed by atoms with E-state index in [2.05, 4.69) is 4.98 Å². The number of nitriles is 1. The van der Waals surface area contributed by atoms with Crippen molar-refractivity contribution >= 4 is 6.08 Å². The molecule has 1 aromatic rings. The maximum Gasteiger partial charge on any atom is 0.212 e. The molecule has 0 fully saturated rings. The summed E-state index contributed by atoms with van der Waals surface area (Å²) in [7, 11) is 1.56. The third-order valence-corrected chi connectivity index (χ3v) is 1.32. The van der Waals surface area contributed by atoms with Crippen molar-refractivity contribution in [3.63, 3.8) is 0 Å². The summed E-state index contributed by atoms with van der Waals surface area (Å²) < 4.78 is 4.87. The van der Waals surface area contributed by atoms with Crippen LogP contribution < -0.4 is 4.74 Å². The van der Waals surface area contributed by atoms with Gasteiger partial charge in [0.15, 0.2) is 0 Å². The molecule has 12 heavy (non-hydrogen) atoms. The second-order valence-corrected chi connectivity index (χ2v) is 2.10. The van der Waals surface area contributed by atoms with Crippen LogP contribution in [0, 0.1) is 11.3 Å². The fourth-order valence-electron chi connectivity index (χ4n) is 0.745. The third kappa shape index (κ3) is 2.10. The Morgan fingerprint density at radius 2 is 2.42 bits per heavy atom. The topological polar surface area (TPSA) is 45.9 Å². The minimum Gasteiger partial charge on any atom is -0.481 e. The Morgan fingerprint density at radius 3 is 2.92 bits per heavy atom. The summed E-state index contributed by atoms with van der Waals surface area (Å²) in [4.78, 5) is 3.97. The summed E-state index contributed by atoms with van der Waals surface area (Å²) in [5.41, 5.74) is 0.886. The molecule has 60 valence electrons. The Kier molecular flexibility index (Phi) is 2.86. The van der Waals surface area contributed by atoms with Crippen LogP contribution in [-0.2, 0) is 0 Å². The largest absolute Gasteiger partial charge is 0.481 e. The molecule has 0 saturated carbocycles. The average Bonchev–Trinajstić information content (AvgIpc) is 2.15. The molecule has 0 spiro atoms. The van der Waals surface area contributed by atoms with Gasteiger partial charge in [0.25, 0.3) is 0 Å². The SMILES string of the molecule is COc1ccc(/C=C/C#N)cn1. The molecule has 0 N–H and O–H groups in total. The van der Waals surface area contributed by atoms with Crippen LogP contribution in [0.25, 0.3) is 6.08 Å². The Bertz CT molecular complexity index is 308. The van der Waals surface area contributed by atoms with Crippen molar-refractivity contribution in [1.82, 2.24) is 4.98 Å². The highest BCUT2D eigenvalue weighted by Gasteiger charge is 1.90. The lowest BCUT2D eigenvalue weighted by molar-refractivity contribution is 0.398. The van der Waals surface area contributed by atoms with Gasteiger partial charge in [-0.1, -0.05) is 0 Å². The minimum atomic E-state index is 0.573. The van der Waals surface area contributed by atoms with E-state index in [1.807, 2.05) is 12.1 Å². The normalized spacial score (nSPS) is 9.67. The Labute approximate surface area is 70.9 Å². The quantitative estimate of drug-likeness (QED) is 0.617. The highest BCUT2D eigenvalue weighted by Crippen LogP contribution is 2.07. The number of allylic oxidation sites excluding steroid dienone is 1. The van der Waals surface area contributed by atoms with Gasteiger partial charge in [-0.2, -0.15) is 5.26 Å². The number of nitrogens with zero attached hydrogens (tertiary/aromatic N) is 2. The number of ether oxygens (including phenoxy) is 1. The van der Waals surface area contributed by atoms with Crippen molar-refractivity contribution in [2.75, 3.05) is 7.11 Å². The second kappa shape index (κ2) is 4.14. The number of pyridine rings is 1. The molecule has 1 aromatic heterocycles. The van der Waals surface area contributed by atoms with Crippen LogP contribution in [0.1, 0.15) is 5.56 Å². The van der Waals surface area contributed by atoms with Crippen LogP contribution in [-0.4, -0.2) is 12.1 Å². The van der Waals surface area contributed by atoms with E-state index in [1.54, 1.807) is 25.4 Å². The first-order valence-electron chi connectivity index (χ1n) is 3.43. The molecule has 0 unspecified atom stereocenters. The zero-order valence-electron chi connectivity index (χ0n) is 6.69. The summed E-state index contributed by atoms with van der Waals surface area (Å²) in [5.74, 6) is 0.573. The smallest absolute Gasteiger partial charge is 0.212 e. The predicted molar refractivity (Wildman–Crippen MR) is 45.4 cm³/mol. The van der Waals surface area contributed by atoms with Gasteiger partial charge in [0, 0.05) is 18.3 Å². The number of methoxy groups -OCH3 is 1. The van der Waals surface area contributed by atoms with E-state index in [1.165, 1.54) is 6.08 Å². The van der Waals surface area contributed by atoms with Gasteiger partial charge < -0.3 is 4.74 Å². The fourth-order valence-corrected chi connectivity index (χ4v) is 0.745. The first kappa shape index (κ1) is 8.28. The van der Waals surface area contributed by atoms with Crippen LogP contribution in [0.3, 0.4) is 0 Å². The summed E-state index contributed by atoms with van der Waals surface area (Å²) in [6, 6.07) is 5.49. The van der Waals surface area contributed by atoms with Crippen LogP contribution in [0.4, 0.5) is 0 Å². The maximum absolute atomic E-state index is 8.25. The zero-order chi connectivity index (χ0) is 8.81. The van der Waals surface area contributed by atoms with Crippen molar-refractivity contribution in [2.45, 2.75) is 0 Å². The first-order chi connectivity index (χ1) is 5.86. The Morgan fingerprint density at radius 1 is 1.58 bits per heavy atom. The van der Waals surface area contributed by atoms with Gasteiger partial charge in [-0.15, -0.1) is 0 Å². The summed E-state index contributed by atoms with van der Waals surface area (Å²) in [6.45, 7) is 0. The highest BCUT2D eigenvalue weighted by molar-refractivity contribution is 5.50. The van der Waals surface area contributed by atoms with Gasteiger partial charge in [0.1, 0.15) is 0 Å². The van der Waals surface area contributed by atoms with Gasteiger partial charge in [0.2, 0.25) is 5.88 Å². The standard InChI is InChI=1S/C9H8N2O/c1-12-9-5-4-8(7-11-9)3-2-6-10/h2-5,7H,1H3/b3-2+. The van der Waals surface area contributed by atoms with Gasteiger partial charge in [-0.05, 0) is 17.7 Å². The highest BCUT2D eigenvalue weighted by atomic mass is 16.5. The molecule has 0 aromatic carbocycles. The van der Waals surface area contributed by atoms with Crippen LogP contribution in [0.5, 0.6) is 5.88 Å². The molecule has 1 heterocycles. The minimum absolute atomic E-state index is 0.573. The van der Waals surface area contributed by atoms with E-state index in [0.29, 0.717) is 5.88 Å². The van der Waals surface area contributed by atoms with E-state index < -0.39 is 0 Å². The molecule has 3 heteroatoms. The molecule has 0 amide bonds. The van der Waals surface area contributed by atoms with Crippen molar-refractivity contribution < 1.29 is 4.74 Å². The monoisotopic (exact) mass is 160 g/mol. The summed E-state index contributed by atoms with van der Waals surface area (Å²) >= 11 is 0. The first-order valence-corrected chi connectivity index (χ1v) is 3.43. The van der Waals surface area contributed by atoms with E-state index >= 15 is 0 Å². The maximum atomic E-state index is 8.25. The summed E-state index contributed by atoms with van der Waals surface area (Å²) in [5, 5.41) is 8.25. The number of hydrogen-bond donors (Lipinski definition) is 0. The predicted octanol–water partition coefficient (Wildman–Crippen LogP) is 1.63. The van der Waals surface area contributed by atoms with E-state index in [0.717, 1.165) is 5.56 Å². The van der Waals surface area contributed by atoms with Gasteiger partial charge in [-0.3, -0.25) is 0 Å². The summed E-state index contributed by atoms with van der Waals surface area (Å²) in [6.07, 6.45) is 4.74. The van der Waals surface area contributed by atoms with Gasteiger partial charge in [-0.25, -0.2) is 4.98 Å². The third-order valence-electron chi connectivity index (χ3n) is 1.32. The lowest BCUT2D eigenvalue weighted by Crippen LogP contribution is -1.85. The molecule has 0 aliphatic heterocycles. The van der Waals surface area contributed by atoms with Crippen molar-refractivity contribution in [1.29, 1.82) is 5.26 Å². The molecule has 1 rings (SSSR count). The fraction of sp³-hybridized carbons (Fsp3) is 0.111. The number of aromatic nitrogens is 1. The molecule has 0 radical (unpaired) electrons. The number of hydrogen-bond acceptors (Lipinski definition) is 3. The molecule has 0 aliphatic carbocycles. The molecular weight excluding hydrogens is 152 g/mol. The lowest BCUT2D eigenvalue weighted by Gasteiger charge is -1.96. The molecular formula is C9H8N2O. The van der Waals surface area contributed by atoms with Crippen molar-refractivity contribution in [3.05, 3.63) is 30.0 Å². The van der Waals surface area contributed by atoms with E-state index in [9.17, 15) is 0 Å². The zero-order valence-corrected chi connectivity index (χ0v) is 6.69. The van der Waals surface area contributed by atoms with E-state index in [4.69, 9.17) is 10.00 Å². The van der Waals surface area contributed by atoms with Crippen LogP contribution >= 0.6 is 0 Å². The second-order valence-electron chi connectivity index (χ2n) is 2.10. The molecule has 0 aliphatic rings. The lowest BCUT2D eigenvalue weighted by atomic mass is 10.2. The van der Waals surface area contributed by atoms with Crippen LogP contribution in [0.15, 0.2) is 24.4 Å². The van der Waals surface area contributed by atoms with Crippen molar-refractivity contribution in [3.8, 4) is 11.9 Å². The van der Waals surface area contributed by atoms with Gasteiger partial charge in [0.05, 0.1) is 13.2 Å². The molecule has 0 bridgehead atoms. The van der Waals surface area contributed by atoms with Crippen LogP contribution in [0.2, 0.25) is 0 Å². The Balaban J connectivity index is 2.79. The van der Waals surface area contributed by atoms with Gasteiger partial charge >= 0.3 is 0 Å². The molecule has 0 atom stereocenters. The van der Waals surface area contributed by atoms with Crippen molar-refractivity contribution in [2.24, 2.45) is 0 Å². The van der Waals surface area contributed by atoms with E-state index in [-0.39, 0.29) is 0 Å². The molecule has 0 saturated heterocycles. The Hall–Kier alpha value is -1.82.